The Morgan fingerprint density at radius 1 is 1.53 bits per heavy atom. The topological polar surface area (TPSA) is 15.3 Å². The first-order valence-electron chi connectivity index (χ1n) is 6.26. The van der Waals surface area contributed by atoms with E-state index in [1.54, 1.807) is 0 Å². The molecule has 1 fully saturated rings. The van der Waals surface area contributed by atoms with Gasteiger partial charge in [0.1, 0.15) is 0 Å². The molecule has 0 spiro atoms. The van der Waals surface area contributed by atoms with Crippen molar-refractivity contribution >= 4 is 27.3 Å². The Morgan fingerprint density at radius 2 is 2.29 bits per heavy atom. The second-order valence-corrected chi connectivity index (χ2v) is 6.90. The summed E-state index contributed by atoms with van der Waals surface area (Å²) < 4.78 is 1.21. The Balaban J connectivity index is 1.98. The molecule has 1 aromatic heterocycles. The number of hydrogen-bond donors (Lipinski definition) is 1. The van der Waals surface area contributed by atoms with Crippen LogP contribution in [0, 0.1) is 5.92 Å². The van der Waals surface area contributed by atoms with Gasteiger partial charge < -0.3 is 5.32 Å². The molecule has 96 valence electrons. The molecule has 0 radical (unpaired) electrons. The summed E-state index contributed by atoms with van der Waals surface area (Å²) >= 11 is 5.38. The Morgan fingerprint density at radius 3 is 2.88 bits per heavy atom. The molecule has 1 aromatic rings. The normalized spacial score (nSPS) is 30.7. The number of nitrogens with zero attached hydrogens (tertiary/aromatic N) is 1. The minimum absolute atomic E-state index is 0.655. The van der Waals surface area contributed by atoms with Gasteiger partial charge in [0.25, 0.3) is 0 Å². The zero-order chi connectivity index (χ0) is 12.4. The SMILES string of the molecule is CNC1CCN(Cc2cc(Br)cs2)C(C)C1C. The van der Waals surface area contributed by atoms with Gasteiger partial charge in [-0.2, -0.15) is 0 Å². The molecule has 0 aromatic carbocycles. The predicted molar refractivity (Wildman–Crippen MR) is 78.5 cm³/mol. The lowest BCUT2D eigenvalue weighted by Crippen LogP contribution is -2.52. The molecule has 0 saturated carbocycles. The highest BCUT2D eigenvalue weighted by molar-refractivity contribution is 9.10. The second-order valence-electron chi connectivity index (χ2n) is 4.99. The van der Waals surface area contributed by atoms with E-state index < -0.39 is 0 Å². The Kier molecular flexibility index (Phi) is 4.64. The molecule has 0 amide bonds. The van der Waals surface area contributed by atoms with E-state index in [0.29, 0.717) is 12.1 Å². The van der Waals surface area contributed by atoms with Crippen LogP contribution in [0.3, 0.4) is 0 Å². The highest BCUT2D eigenvalue weighted by Crippen LogP contribution is 2.27. The summed E-state index contributed by atoms with van der Waals surface area (Å²) in [5.74, 6) is 0.720. The molecule has 1 aliphatic rings. The van der Waals surface area contributed by atoms with Crippen LogP contribution in [0.1, 0.15) is 25.1 Å². The summed E-state index contributed by atoms with van der Waals surface area (Å²) in [5.41, 5.74) is 0. The van der Waals surface area contributed by atoms with E-state index in [9.17, 15) is 0 Å². The zero-order valence-electron chi connectivity index (χ0n) is 10.7. The number of halogens is 1. The first-order valence-corrected chi connectivity index (χ1v) is 7.93. The smallest absolute Gasteiger partial charge is 0.0331 e. The van der Waals surface area contributed by atoms with Crippen molar-refractivity contribution in [3.8, 4) is 0 Å². The molecule has 1 saturated heterocycles. The van der Waals surface area contributed by atoms with E-state index in [1.165, 1.54) is 22.3 Å². The molecular weight excluding hydrogens is 296 g/mol. The fourth-order valence-corrected chi connectivity index (χ4v) is 4.18. The Hall–Kier alpha value is 0.1000. The van der Waals surface area contributed by atoms with Crippen LogP contribution in [0.25, 0.3) is 0 Å². The fraction of sp³-hybridized carbons (Fsp3) is 0.692. The average Bonchev–Trinajstić information content (AvgIpc) is 2.71. The molecule has 2 heterocycles. The fourth-order valence-electron chi connectivity index (χ4n) is 2.71. The van der Waals surface area contributed by atoms with Crippen LogP contribution in [0.5, 0.6) is 0 Å². The van der Waals surface area contributed by atoms with Crippen molar-refractivity contribution in [2.45, 2.75) is 38.9 Å². The Bertz CT molecular complexity index is 366. The van der Waals surface area contributed by atoms with Crippen molar-refractivity contribution in [3.05, 3.63) is 20.8 Å². The van der Waals surface area contributed by atoms with Gasteiger partial charge in [-0.1, -0.05) is 6.92 Å². The second kappa shape index (κ2) is 5.83. The molecule has 4 heteroatoms. The lowest BCUT2D eigenvalue weighted by atomic mass is 9.87. The summed E-state index contributed by atoms with van der Waals surface area (Å²) in [6.07, 6.45) is 1.26. The van der Waals surface area contributed by atoms with Crippen LogP contribution < -0.4 is 5.32 Å². The number of nitrogens with one attached hydrogen (secondary N) is 1. The van der Waals surface area contributed by atoms with Crippen LogP contribution in [0.4, 0.5) is 0 Å². The van der Waals surface area contributed by atoms with Crippen molar-refractivity contribution < 1.29 is 0 Å². The van der Waals surface area contributed by atoms with Crippen molar-refractivity contribution in [3.63, 3.8) is 0 Å². The van der Waals surface area contributed by atoms with E-state index in [-0.39, 0.29) is 0 Å². The summed E-state index contributed by atoms with van der Waals surface area (Å²) in [4.78, 5) is 4.07. The zero-order valence-corrected chi connectivity index (χ0v) is 13.1. The number of thiophene rings is 1. The van der Waals surface area contributed by atoms with E-state index >= 15 is 0 Å². The molecular formula is C13H21BrN2S. The van der Waals surface area contributed by atoms with Crippen molar-refractivity contribution in [2.24, 2.45) is 5.92 Å². The van der Waals surface area contributed by atoms with Gasteiger partial charge in [0, 0.05) is 39.9 Å². The molecule has 0 bridgehead atoms. The van der Waals surface area contributed by atoms with Gasteiger partial charge in [0.15, 0.2) is 0 Å². The summed E-state index contributed by atoms with van der Waals surface area (Å²) in [6.45, 7) is 7.02. The average molecular weight is 317 g/mol. The van der Waals surface area contributed by atoms with Gasteiger partial charge in [-0.05, 0) is 48.3 Å². The van der Waals surface area contributed by atoms with Crippen LogP contribution in [-0.4, -0.2) is 30.6 Å². The van der Waals surface area contributed by atoms with Gasteiger partial charge in [-0.3, -0.25) is 4.90 Å². The van der Waals surface area contributed by atoms with Gasteiger partial charge in [0.2, 0.25) is 0 Å². The minimum Gasteiger partial charge on any atom is -0.317 e. The molecule has 3 unspecified atom stereocenters. The Labute approximate surface area is 117 Å². The van der Waals surface area contributed by atoms with Gasteiger partial charge in [-0.15, -0.1) is 11.3 Å². The van der Waals surface area contributed by atoms with Crippen LogP contribution in [0.15, 0.2) is 15.9 Å². The maximum atomic E-state index is 3.53. The van der Waals surface area contributed by atoms with Crippen molar-refractivity contribution in [1.82, 2.24) is 10.2 Å². The number of piperidine rings is 1. The molecule has 3 atom stereocenters. The lowest BCUT2D eigenvalue weighted by molar-refractivity contribution is 0.0820. The first-order chi connectivity index (χ1) is 8.11. The first kappa shape index (κ1) is 13.5. The van der Waals surface area contributed by atoms with Gasteiger partial charge in [0.05, 0.1) is 0 Å². The molecule has 17 heavy (non-hydrogen) atoms. The highest BCUT2D eigenvalue weighted by atomic mass is 79.9. The molecule has 1 N–H and O–H groups in total. The van der Waals surface area contributed by atoms with Crippen LogP contribution >= 0.6 is 27.3 Å². The van der Waals surface area contributed by atoms with Gasteiger partial charge in [-0.25, -0.2) is 0 Å². The highest BCUT2D eigenvalue weighted by Gasteiger charge is 2.31. The molecule has 1 aliphatic heterocycles. The third-order valence-electron chi connectivity index (χ3n) is 4.05. The van der Waals surface area contributed by atoms with Crippen molar-refractivity contribution in [2.75, 3.05) is 13.6 Å². The van der Waals surface area contributed by atoms with Crippen LogP contribution in [0.2, 0.25) is 0 Å². The van der Waals surface area contributed by atoms with E-state index in [4.69, 9.17) is 0 Å². The number of hydrogen-bond acceptors (Lipinski definition) is 3. The van der Waals surface area contributed by atoms with E-state index in [0.717, 1.165) is 12.5 Å². The maximum absolute atomic E-state index is 3.53. The number of rotatable bonds is 3. The number of likely N-dealkylation sites (tertiary alicyclic amines) is 1. The van der Waals surface area contributed by atoms with Gasteiger partial charge >= 0.3 is 0 Å². The third-order valence-corrected chi connectivity index (χ3v) is 5.73. The summed E-state index contributed by atoms with van der Waals surface area (Å²) in [6, 6.07) is 3.57. The largest absolute Gasteiger partial charge is 0.317 e. The standard InChI is InChI=1S/C13H21BrN2S/c1-9-10(2)16(5-4-13(9)15-3)7-12-6-11(14)8-17-12/h6,8-10,13,15H,4-5,7H2,1-3H3. The van der Waals surface area contributed by atoms with E-state index in [1.807, 2.05) is 11.3 Å². The van der Waals surface area contributed by atoms with Crippen molar-refractivity contribution in [1.29, 1.82) is 0 Å². The summed E-state index contributed by atoms with van der Waals surface area (Å²) in [5, 5.41) is 5.61. The lowest BCUT2D eigenvalue weighted by Gasteiger charge is -2.42. The molecule has 0 aliphatic carbocycles. The quantitative estimate of drug-likeness (QED) is 0.920. The summed E-state index contributed by atoms with van der Waals surface area (Å²) in [7, 11) is 2.08. The van der Waals surface area contributed by atoms with Crippen LogP contribution in [-0.2, 0) is 6.54 Å². The molecule has 2 nitrogen and oxygen atoms in total. The molecule has 2 rings (SSSR count). The van der Waals surface area contributed by atoms with E-state index in [2.05, 4.69) is 58.5 Å². The predicted octanol–water partition coefficient (Wildman–Crippen LogP) is 3.33. The minimum atomic E-state index is 0.655. The third kappa shape index (κ3) is 3.11. The monoisotopic (exact) mass is 316 g/mol. The maximum Gasteiger partial charge on any atom is 0.0331 e.